The van der Waals surface area contributed by atoms with E-state index in [0.717, 1.165) is 0 Å². The van der Waals surface area contributed by atoms with Crippen molar-refractivity contribution < 1.29 is 0 Å². The van der Waals surface area contributed by atoms with Crippen LogP contribution >= 0.6 is 11.3 Å². The Morgan fingerprint density at radius 2 is 1.74 bits per heavy atom. The Morgan fingerprint density at radius 1 is 0.895 bits per heavy atom. The predicted molar refractivity (Wildman–Crippen MR) is 86.4 cm³/mol. The molecule has 2 aromatic carbocycles. The van der Waals surface area contributed by atoms with Crippen molar-refractivity contribution in [3.05, 3.63) is 58.2 Å². The van der Waals surface area contributed by atoms with Gasteiger partial charge >= 0.3 is 126 Å². The number of aryl methyl sites for hydroxylation is 1. The molecule has 2 heteroatoms. The van der Waals surface area contributed by atoms with Crippen molar-refractivity contribution in [3.63, 3.8) is 0 Å². The Balaban J connectivity index is 1.96. The van der Waals surface area contributed by atoms with E-state index in [1.165, 1.54) is 25.9 Å². The van der Waals surface area contributed by atoms with Gasteiger partial charge in [0.25, 0.3) is 0 Å². The van der Waals surface area contributed by atoms with Gasteiger partial charge in [-0.1, -0.05) is 0 Å². The summed E-state index contributed by atoms with van der Waals surface area (Å²) in [7, 11) is 0. The molecule has 0 saturated carbocycles. The Bertz CT molecular complexity index is 817. The van der Waals surface area contributed by atoms with E-state index in [-0.39, 0.29) is 20.4 Å². The van der Waals surface area contributed by atoms with Crippen molar-refractivity contribution in [2.45, 2.75) is 6.92 Å². The molecule has 4 rings (SSSR count). The summed E-state index contributed by atoms with van der Waals surface area (Å²) in [5.74, 6) is 0. The molecule has 0 aliphatic rings. The molecule has 0 amide bonds. The molecular formula is C17H12STe. The molecule has 92 valence electrons. The van der Waals surface area contributed by atoms with Crippen LogP contribution in [-0.2, 0) is 0 Å². The van der Waals surface area contributed by atoms with Crippen LogP contribution in [0.1, 0.15) is 3.58 Å². The number of hydrogen-bond donors (Lipinski definition) is 0. The first-order valence-corrected chi connectivity index (χ1v) is 9.43. The number of rotatable bonds is 1. The van der Waals surface area contributed by atoms with Gasteiger partial charge in [-0.3, -0.25) is 0 Å². The normalized spacial score (nSPS) is 11.4. The van der Waals surface area contributed by atoms with Gasteiger partial charge in [-0.25, -0.2) is 0 Å². The molecule has 0 saturated heterocycles. The molecule has 2 heterocycles. The Labute approximate surface area is 125 Å². The molecule has 2 aromatic heterocycles. The van der Waals surface area contributed by atoms with Crippen molar-refractivity contribution >= 4 is 50.6 Å². The van der Waals surface area contributed by atoms with E-state index >= 15 is 0 Å². The molecular weight excluding hydrogens is 364 g/mol. The Kier molecular flexibility index (Phi) is 2.77. The van der Waals surface area contributed by atoms with Crippen LogP contribution in [0.2, 0.25) is 0 Å². The minimum absolute atomic E-state index is 0.0786. The summed E-state index contributed by atoms with van der Waals surface area (Å²) in [6.07, 6.45) is 0. The summed E-state index contributed by atoms with van der Waals surface area (Å²) in [5.41, 5.74) is 1.33. The second-order valence-electron chi connectivity index (χ2n) is 4.76. The quantitative estimate of drug-likeness (QED) is 0.407. The number of hydrogen-bond acceptors (Lipinski definition) is 1. The third-order valence-corrected chi connectivity index (χ3v) is 7.38. The average Bonchev–Trinajstić information content (AvgIpc) is 2.98. The summed E-state index contributed by atoms with van der Waals surface area (Å²) in [6.45, 7) is 2.27. The van der Waals surface area contributed by atoms with Crippen LogP contribution in [0.5, 0.6) is 0 Å². The third kappa shape index (κ3) is 2.05. The fourth-order valence-corrected chi connectivity index (χ4v) is 6.27. The van der Waals surface area contributed by atoms with Gasteiger partial charge < -0.3 is 0 Å². The van der Waals surface area contributed by atoms with Crippen LogP contribution in [0.15, 0.2) is 54.6 Å². The summed E-state index contributed by atoms with van der Waals surface area (Å²) in [4.78, 5) is 1.38. The van der Waals surface area contributed by atoms with Gasteiger partial charge in [-0.2, -0.15) is 0 Å². The van der Waals surface area contributed by atoms with Gasteiger partial charge in [-0.15, -0.1) is 0 Å². The Hall–Kier alpha value is -1.07. The van der Waals surface area contributed by atoms with Crippen LogP contribution in [0, 0.1) is 6.92 Å². The third-order valence-electron chi connectivity index (χ3n) is 3.34. The van der Waals surface area contributed by atoms with E-state index in [4.69, 9.17) is 0 Å². The van der Waals surface area contributed by atoms with Crippen molar-refractivity contribution in [1.82, 2.24) is 0 Å². The predicted octanol–water partition coefficient (Wildman–Crippen LogP) is 5.09. The van der Waals surface area contributed by atoms with Crippen molar-refractivity contribution in [3.8, 4) is 10.4 Å². The van der Waals surface area contributed by atoms with Crippen LogP contribution in [0.4, 0.5) is 0 Å². The molecule has 0 radical (unpaired) electrons. The molecule has 19 heavy (non-hydrogen) atoms. The first-order chi connectivity index (χ1) is 9.29. The molecule has 0 fully saturated rings. The molecule has 0 spiro atoms. The first-order valence-electron chi connectivity index (χ1n) is 6.29. The fraction of sp³-hybridized carbons (Fsp3) is 0.0588. The number of fused-ring (bicyclic) bond motifs is 2. The maximum atomic E-state index is 2.42. The van der Waals surface area contributed by atoms with Gasteiger partial charge in [0.1, 0.15) is 0 Å². The van der Waals surface area contributed by atoms with Crippen LogP contribution in [0.3, 0.4) is 0 Å². The summed E-state index contributed by atoms with van der Waals surface area (Å²) in [5, 5.41) is 2.88. The molecule has 0 atom stereocenters. The monoisotopic (exact) mass is 378 g/mol. The van der Waals surface area contributed by atoms with E-state index in [1.54, 1.807) is 6.98 Å². The number of thiophene rings is 1. The van der Waals surface area contributed by atoms with Gasteiger partial charge in [-0.05, 0) is 0 Å². The van der Waals surface area contributed by atoms with Crippen molar-refractivity contribution in [2.24, 2.45) is 0 Å². The molecule has 0 unspecified atom stereocenters. The molecule has 0 aliphatic heterocycles. The maximum absolute atomic E-state index is 2.42. The van der Waals surface area contributed by atoms with Crippen LogP contribution < -0.4 is 0 Å². The minimum atomic E-state index is -0.0786. The summed E-state index contributed by atoms with van der Waals surface area (Å²) in [6, 6.07) is 20.2. The fourth-order valence-electron chi connectivity index (χ4n) is 2.45. The van der Waals surface area contributed by atoms with Gasteiger partial charge in [0.2, 0.25) is 0 Å². The first kappa shape index (κ1) is 11.7. The molecule has 4 aromatic rings. The zero-order valence-corrected chi connectivity index (χ0v) is 13.7. The molecule has 0 bridgehead atoms. The van der Waals surface area contributed by atoms with Gasteiger partial charge in [0, 0.05) is 0 Å². The van der Waals surface area contributed by atoms with Crippen LogP contribution in [0.25, 0.3) is 29.3 Å². The van der Waals surface area contributed by atoms with Crippen molar-refractivity contribution in [1.29, 1.82) is 0 Å². The van der Waals surface area contributed by atoms with E-state index in [9.17, 15) is 0 Å². The van der Waals surface area contributed by atoms with E-state index < -0.39 is 0 Å². The Morgan fingerprint density at radius 3 is 2.58 bits per heavy atom. The molecule has 0 aliphatic carbocycles. The van der Waals surface area contributed by atoms with E-state index in [0.29, 0.717) is 0 Å². The van der Waals surface area contributed by atoms with E-state index in [2.05, 4.69) is 61.5 Å². The SMILES string of the molecule is Cc1cc2cc3sc(-c4ccccc4)cc3cc2[te]1. The summed E-state index contributed by atoms with van der Waals surface area (Å²) < 4.78 is 4.62. The molecule has 0 nitrogen and oxygen atoms in total. The average molecular weight is 376 g/mol. The standard InChI is InChI=1S/C17H12STe/c1-11-7-14-9-16-13(10-17(14)19-11)8-15(18-16)12-5-3-2-4-6-12/h2-10H,1H3. The van der Waals surface area contributed by atoms with Crippen LogP contribution in [-0.4, -0.2) is 20.4 Å². The van der Waals surface area contributed by atoms with E-state index in [1.807, 2.05) is 11.3 Å². The van der Waals surface area contributed by atoms with Gasteiger partial charge in [0.05, 0.1) is 0 Å². The van der Waals surface area contributed by atoms with Crippen molar-refractivity contribution in [2.75, 3.05) is 0 Å². The molecule has 0 N–H and O–H groups in total. The topological polar surface area (TPSA) is 0 Å². The number of benzene rings is 2. The van der Waals surface area contributed by atoms with Gasteiger partial charge in [0.15, 0.2) is 0 Å². The zero-order valence-electron chi connectivity index (χ0n) is 10.5. The second-order valence-corrected chi connectivity index (χ2v) is 9.52. The summed E-state index contributed by atoms with van der Waals surface area (Å²) >= 11 is 1.82. The zero-order chi connectivity index (χ0) is 12.8. The second kappa shape index (κ2) is 4.49.